The number of nitrogens with zero attached hydrogens (tertiary/aromatic N) is 2. The molecule has 0 unspecified atom stereocenters. The maximum absolute atomic E-state index is 10.6. The summed E-state index contributed by atoms with van der Waals surface area (Å²) in [5.41, 5.74) is 1.03. The maximum Gasteiger partial charge on any atom is 0.303 e. The molecule has 1 saturated carbocycles. The second kappa shape index (κ2) is 6.73. The molecule has 1 aromatic rings. The lowest BCUT2D eigenvalue weighted by Gasteiger charge is -2.21. The Morgan fingerprint density at radius 2 is 2.11 bits per heavy atom. The Hall–Kier alpha value is -1.32. The summed E-state index contributed by atoms with van der Waals surface area (Å²) in [6.07, 6.45) is 11.7. The molecule has 0 amide bonds. The highest BCUT2D eigenvalue weighted by molar-refractivity contribution is 5.66. The highest BCUT2D eigenvalue weighted by Gasteiger charge is 2.15. The molecule has 0 radical (unpaired) electrons. The van der Waals surface area contributed by atoms with E-state index in [9.17, 15) is 4.79 Å². The van der Waals surface area contributed by atoms with Gasteiger partial charge in [-0.15, -0.1) is 0 Å². The summed E-state index contributed by atoms with van der Waals surface area (Å²) in [6.45, 7) is 0. The molecular formula is C15H24N2O2. The fraction of sp³-hybridized carbons (Fsp3) is 0.733. The van der Waals surface area contributed by atoms with E-state index in [-0.39, 0.29) is 6.42 Å². The number of rotatable bonds is 6. The first-order valence-electron chi connectivity index (χ1n) is 7.38. The van der Waals surface area contributed by atoms with E-state index in [1.54, 1.807) is 0 Å². The van der Waals surface area contributed by atoms with Gasteiger partial charge in [-0.05, 0) is 18.8 Å². The molecule has 1 aromatic heterocycles. The molecule has 1 N–H and O–H groups in total. The molecule has 0 saturated heterocycles. The van der Waals surface area contributed by atoms with Gasteiger partial charge in [-0.3, -0.25) is 4.79 Å². The van der Waals surface area contributed by atoms with Crippen LogP contribution < -0.4 is 0 Å². The van der Waals surface area contributed by atoms with E-state index >= 15 is 0 Å². The molecule has 0 aliphatic heterocycles. The molecule has 0 bridgehead atoms. The fourth-order valence-electron chi connectivity index (χ4n) is 3.00. The van der Waals surface area contributed by atoms with Crippen molar-refractivity contribution < 1.29 is 9.90 Å². The van der Waals surface area contributed by atoms with Crippen LogP contribution in [0, 0.1) is 5.92 Å². The molecule has 0 aromatic carbocycles. The van der Waals surface area contributed by atoms with Crippen LogP contribution in [0.3, 0.4) is 0 Å². The van der Waals surface area contributed by atoms with Gasteiger partial charge in [-0.25, -0.2) is 4.98 Å². The molecular weight excluding hydrogens is 240 g/mol. The van der Waals surface area contributed by atoms with Crippen LogP contribution in [-0.2, 0) is 24.7 Å². The average Bonchev–Trinajstić information content (AvgIpc) is 2.76. The van der Waals surface area contributed by atoms with Gasteiger partial charge in [0.1, 0.15) is 5.82 Å². The molecule has 0 atom stereocenters. The summed E-state index contributed by atoms with van der Waals surface area (Å²) in [5, 5.41) is 8.72. The zero-order chi connectivity index (χ0) is 13.7. The van der Waals surface area contributed by atoms with Crippen LogP contribution >= 0.6 is 0 Å². The van der Waals surface area contributed by atoms with E-state index in [0.717, 1.165) is 23.9 Å². The quantitative estimate of drug-likeness (QED) is 0.859. The molecule has 19 heavy (non-hydrogen) atoms. The van der Waals surface area contributed by atoms with Crippen molar-refractivity contribution in [3.05, 3.63) is 17.7 Å². The number of aryl methyl sites for hydroxylation is 2. The third-order valence-corrected chi connectivity index (χ3v) is 4.28. The predicted molar refractivity (Wildman–Crippen MR) is 74.1 cm³/mol. The first-order chi connectivity index (χ1) is 9.16. The van der Waals surface area contributed by atoms with E-state index in [4.69, 9.17) is 5.11 Å². The summed E-state index contributed by atoms with van der Waals surface area (Å²) in [6, 6.07) is 0. The summed E-state index contributed by atoms with van der Waals surface area (Å²) < 4.78 is 2.08. The standard InChI is InChI=1S/C15H24N2O2/c1-17-13(8-10-15(18)19)11-16-14(17)9-7-12-5-3-2-4-6-12/h11-12H,2-10H2,1H3,(H,18,19). The van der Waals surface area contributed by atoms with Crippen LogP contribution in [-0.4, -0.2) is 20.6 Å². The Labute approximate surface area is 114 Å². The van der Waals surface area contributed by atoms with Gasteiger partial charge in [0, 0.05) is 25.4 Å². The van der Waals surface area contributed by atoms with Crippen molar-refractivity contribution in [1.82, 2.24) is 9.55 Å². The largest absolute Gasteiger partial charge is 0.481 e. The first kappa shape index (κ1) is 14.1. The minimum Gasteiger partial charge on any atom is -0.481 e. The van der Waals surface area contributed by atoms with Crippen LogP contribution in [0.15, 0.2) is 6.20 Å². The molecule has 1 aliphatic carbocycles. The Morgan fingerprint density at radius 1 is 1.37 bits per heavy atom. The molecule has 106 valence electrons. The molecule has 1 heterocycles. The van der Waals surface area contributed by atoms with Crippen molar-refractivity contribution in [2.45, 2.75) is 57.8 Å². The number of aromatic nitrogens is 2. The van der Waals surface area contributed by atoms with E-state index in [1.807, 2.05) is 13.2 Å². The molecule has 4 nitrogen and oxygen atoms in total. The topological polar surface area (TPSA) is 55.1 Å². The zero-order valence-electron chi connectivity index (χ0n) is 11.8. The van der Waals surface area contributed by atoms with E-state index < -0.39 is 5.97 Å². The van der Waals surface area contributed by atoms with Crippen molar-refractivity contribution in [2.24, 2.45) is 13.0 Å². The number of hydrogen-bond acceptors (Lipinski definition) is 2. The zero-order valence-corrected chi connectivity index (χ0v) is 11.8. The SMILES string of the molecule is Cn1c(CCC(=O)O)cnc1CCC1CCCCC1. The summed E-state index contributed by atoms with van der Waals surface area (Å²) in [7, 11) is 2.00. The highest BCUT2D eigenvalue weighted by Crippen LogP contribution is 2.27. The van der Waals surface area contributed by atoms with Gasteiger partial charge in [-0.2, -0.15) is 0 Å². The maximum atomic E-state index is 10.6. The number of imidazole rings is 1. The average molecular weight is 264 g/mol. The number of aliphatic carboxylic acids is 1. The summed E-state index contributed by atoms with van der Waals surface area (Å²) >= 11 is 0. The first-order valence-corrected chi connectivity index (χ1v) is 7.38. The fourth-order valence-corrected chi connectivity index (χ4v) is 3.00. The van der Waals surface area contributed by atoms with Gasteiger partial charge in [0.05, 0.1) is 6.42 Å². The summed E-state index contributed by atoms with van der Waals surface area (Å²) in [5.74, 6) is 1.23. The molecule has 2 rings (SSSR count). The Kier molecular flexibility index (Phi) is 5.00. The van der Waals surface area contributed by atoms with Gasteiger partial charge < -0.3 is 9.67 Å². The van der Waals surface area contributed by atoms with Gasteiger partial charge >= 0.3 is 5.97 Å². The Bertz CT molecular complexity index is 420. The molecule has 4 heteroatoms. The predicted octanol–water partition coefficient (Wildman–Crippen LogP) is 2.95. The third kappa shape index (κ3) is 4.08. The van der Waals surface area contributed by atoms with Crippen molar-refractivity contribution >= 4 is 5.97 Å². The lowest BCUT2D eigenvalue weighted by Crippen LogP contribution is -2.10. The number of carboxylic acid groups (broad SMARTS) is 1. The van der Waals surface area contributed by atoms with Crippen LogP contribution in [0.25, 0.3) is 0 Å². The lowest BCUT2D eigenvalue weighted by molar-refractivity contribution is -0.136. The van der Waals surface area contributed by atoms with Gasteiger partial charge in [0.15, 0.2) is 0 Å². The number of carbonyl (C=O) groups is 1. The van der Waals surface area contributed by atoms with Crippen molar-refractivity contribution in [1.29, 1.82) is 0 Å². The van der Waals surface area contributed by atoms with Crippen LogP contribution in [0.4, 0.5) is 0 Å². The molecule has 1 fully saturated rings. The Morgan fingerprint density at radius 3 is 2.79 bits per heavy atom. The van der Waals surface area contributed by atoms with Crippen molar-refractivity contribution in [2.75, 3.05) is 0 Å². The van der Waals surface area contributed by atoms with Crippen LogP contribution in [0.2, 0.25) is 0 Å². The van der Waals surface area contributed by atoms with Crippen LogP contribution in [0.1, 0.15) is 56.5 Å². The summed E-state index contributed by atoms with van der Waals surface area (Å²) in [4.78, 5) is 15.0. The van der Waals surface area contributed by atoms with Crippen molar-refractivity contribution in [3.8, 4) is 0 Å². The number of carboxylic acids is 1. The third-order valence-electron chi connectivity index (χ3n) is 4.28. The molecule has 1 aliphatic rings. The van der Waals surface area contributed by atoms with Crippen LogP contribution in [0.5, 0.6) is 0 Å². The Balaban J connectivity index is 1.84. The van der Waals surface area contributed by atoms with Gasteiger partial charge in [-0.1, -0.05) is 32.1 Å². The highest BCUT2D eigenvalue weighted by atomic mass is 16.4. The van der Waals surface area contributed by atoms with E-state index in [2.05, 4.69) is 9.55 Å². The minimum absolute atomic E-state index is 0.182. The van der Waals surface area contributed by atoms with E-state index in [1.165, 1.54) is 38.5 Å². The minimum atomic E-state index is -0.745. The van der Waals surface area contributed by atoms with Gasteiger partial charge in [0.25, 0.3) is 0 Å². The normalized spacial score (nSPS) is 16.7. The van der Waals surface area contributed by atoms with Gasteiger partial charge in [0.2, 0.25) is 0 Å². The van der Waals surface area contributed by atoms with E-state index in [0.29, 0.717) is 6.42 Å². The number of hydrogen-bond donors (Lipinski definition) is 1. The second-order valence-electron chi connectivity index (χ2n) is 5.66. The monoisotopic (exact) mass is 264 g/mol. The molecule has 0 spiro atoms. The lowest BCUT2D eigenvalue weighted by atomic mass is 9.86. The second-order valence-corrected chi connectivity index (χ2v) is 5.66. The smallest absolute Gasteiger partial charge is 0.303 e. The van der Waals surface area contributed by atoms with Crippen molar-refractivity contribution in [3.63, 3.8) is 0 Å².